The summed E-state index contributed by atoms with van der Waals surface area (Å²) in [6, 6.07) is 19.7. The number of aromatic nitrogens is 2. The Bertz CT molecular complexity index is 964. The highest BCUT2D eigenvalue weighted by molar-refractivity contribution is 5.92. The van der Waals surface area contributed by atoms with Gasteiger partial charge in [-0.3, -0.25) is 9.69 Å². The van der Waals surface area contributed by atoms with Crippen LogP contribution in [0.5, 0.6) is 5.75 Å². The number of nitrogens with zero attached hydrogens (tertiary/aromatic N) is 3. The lowest BCUT2D eigenvalue weighted by Gasteiger charge is -2.30. The van der Waals surface area contributed by atoms with Crippen molar-refractivity contribution in [2.45, 2.75) is 26.8 Å². The van der Waals surface area contributed by atoms with E-state index in [0.29, 0.717) is 12.2 Å². The number of nitrogens with one attached hydrogen (secondary N) is 1. The zero-order valence-corrected chi connectivity index (χ0v) is 18.1. The van der Waals surface area contributed by atoms with Gasteiger partial charge in [0.15, 0.2) is 5.69 Å². The number of likely N-dealkylation sites (N-methyl/N-ethyl adjacent to an activating group) is 1. The number of para-hydroxylation sites is 1. The van der Waals surface area contributed by atoms with E-state index in [1.54, 1.807) is 11.8 Å². The maximum atomic E-state index is 12.9. The molecule has 158 valence electrons. The van der Waals surface area contributed by atoms with Gasteiger partial charge in [0.2, 0.25) is 0 Å². The number of amides is 1. The first-order valence-corrected chi connectivity index (χ1v) is 10.4. The maximum Gasteiger partial charge on any atom is 0.271 e. The predicted octanol–water partition coefficient (Wildman–Crippen LogP) is 4.00. The quantitative estimate of drug-likeness (QED) is 0.583. The molecule has 1 heterocycles. The number of carbonyl (C=O) groups is 1. The average molecular weight is 407 g/mol. The second-order valence-corrected chi connectivity index (χ2v) is 7.14. The van der Waals surface area contributed by atoms with Crippen molar-refractivity contribution >= 4 is 5.91 Å². The summed E-state index contributed by atoms with van der Waals surface area (Å²) in [4.78, 5) is 15.2. The van der Waals surface area contributed by atoms with Gasteiger partial charge in [-0.25, -0.2) is 4.68 Å². The number of carbonyl (C=O) groups excluding carboxylic acids is 1. The number of hydrogen-bond donors (Lipinski definition) is 1. The Morgan fingerprint density at radius 3 is 2.50 bits per heavy atom. The van der Waals surface area contributed by atoms with Gasteiger partial charge in [0, 0.05) is 12.2 Å². The lowest BCUT2D eigenvalue weighted by atomic mass is 10.0. The molecular formula is C24H30N4O2. The minimum absolute atomic E-state index is 0.0522. The molecule has 3 aromatic rings. The highest BCUT2D eigenvalue weighted by Gasteiger charge is 2.21. The van der Waals surface area contributed by atoms with E-state index in [1.807, 2.05) is 61.5 Å². The second-order valence-electron chi connectivity index (χ2n) is 7.14. The summed E-state index contributed by atoms with van der Waals surface area (Å²) in [5.74, 6) is 0.640. The van der Waals surface area contributed by atoms with Crippen molar-refractivity contribution in [2.75, 3.05) is 26.7 Å². The van der Waals surface area contributed by atoms with Crippen LogP contribution in [0, 0.1) is 6.92 Å². The van der Waals surface area contributed by atoms with Crippen LogP contribution in [-0.2, 0) is 0 Å². The third-order valence-corrected chi connectivity index (χ3v) is 5.31. The van der Waals surface area contributed by atoms with Crippen molar-refractivity contribution in [1.29, 1.82) is 0 Å². The molecule has 0 spiro atoms. The van der Waals surface area contributed by atoms with E-state index in [9.17, 15) is 4.79 Å². The Balaban J connectivity index is 1.77. The van der Waals surface area contributed by atoms with Crippen LogP contribution < -0.4 is 10.1 Å². The number of aryl methyl sites for hydroxylation is 1. The first-order chi connectivity index (χ1) is 14.6. The number of methoxy groups -OCH3 is 1. The molecule has 0 saturated carbocycles. The van der Waals surface area contributed by atoms with Gasteiger partial charge in [0.1, 0.15) is 5.75 Å². The molecule has 1 amide bonds. The first kappa shape index (κ1) is 21.6. The summed E-state index contributed by atoms with van der Waals surface area (Å²) < 4.78 is 7.18. The molecule has 1 aromatic heterocycles. The standard InChI is InChI=1S/C24H30N4O2/c1-5-27(6-2)23(19-11-10-14-21(16-19)30-4)17-25-24(29)22-15-18(3)28(26-22)20-12-8-7-9-13-20/h7-16,23H,5-6,17H2,1-4H3,(H,25,29). The molecule has 1 unspecified atom stereocenters. The van der Waals surface area contributed by atoms with Gasteiger partial charge >= 0.3 is 0 Å². The predicted molar refractivity (Wildman–Crippen MR) is 119 cm³/mol. The maximum absolute atomic E-state index is 12.9. The van der Waals surface area contributed by atoms with Crippen molar-refractivity contribution in [3.8, 4) is 11.4 Å². The van der Waals surface area contributed by atoms with E-state index < -0.39 is 0 Å². The van der Waals surface area contributed by atoms with E-state index in [0.717, 1.165) is 35.8 Å². The zero-order chi connectivity index (χ0) is 21.5. The summed E-state index contributed by atoms with van der Waals surface area (Å²) in [7, 11) is 1.67. The molecule has 0 radical (unpaired) electrons. The molecule has 1 atom stereocenters. The fraction of sp³-hybridized carbons (Fsp3) is 0.333. The summed E-state index contributed by atoms with van der Waals surface area (Å²) in [5.41, 5.74) is 3.38. The monoisotopic (exact) mass is 406 g/mol. The number of hydrogen-bond acceptors (Lipinski definition) is 4. The van der Waals surface area contributed by atoms with Gasteiger partial charge in [0.25, 0.3) is 5.91 Å². The highest BCUT2D eigenvalue weighted by Crippen LogP contribution is 2.24. The van der Waals surface area contributed by atoms with Gasteiger partial charge in [-0.15, -0.1) is 0 Å². The van der Waals surface area contributed by atoms with E-state index in [2.05, 4.69) is 35.2 Å². The van der Waals surface area contributed by atoms with Crippen molar-refractivity contribution in [3.05, 3.63) is 77.6 Å². The molecule has 3 rings (SSSR count). The van der Waals surface area contributed by atoms with Gasteiger partial charge in [-0.1, -0.05) is 44.2 Å². The molecule has 30 heavy (non-hydrogen) atoms. The van der Waals surface area contributed by atoms with Crippen LogP contribution >= 0.6 is 0 Å². The van der Waals surface area contributed by atoms with Crippen LogP contribution in [0.1, 0.15) is 41.6 Å². The van der Waals surface area contributed by atoms with Crippen molar-refractivity contribution < 1.29 is 9.53 Å². The van der Waals surface area contributed by atoms with Gasteiger partial charge in [-0.2, -0.15) is 5.10 Å². The molecule has 0 aliphatic carbocycles. The van der Waals surface area contributed by atoms with Crippen LogP contribution in [-0.4, -0.2) is 47.3 Å². The zero-order valence-electron chi connectivity index (χ0n) is 18.1. The molecular weight excluding hydrogens is 376 g/mol. The van der Waals surface area contributed by atoms with Crippen molar-refractivity contribution in [3.63, 3.8) is 0 Å². The first-order valence-electron chi connectivity index (χ1n) is 10.4. The third kappa shape index (κ3) is 4.89. The lowest BCUT2D eigenvalue weighted by molar-refractivity contribution is 0.0929. The summed E-state index contributed by atoms with van der Waals surface area (Å²) in [6.07, 6.45) is 0. The molecule has 0 aliphatic rings. The SMILES string of the molecule is CCN(CC)C(CNC(=O)c1cc(C)n(-c2ccccc2)n1)c1cccc(OC)c1. The molecule has 0 bridgehead atoms. The molecule has 1 N–H and O–H groups in total. The average Bonchev–Trinajstić information content (AvgIpc) is 3.18. The summed E-state index contributed by atoms with van der Waals surface area (Å²) >= 11 is 0. The lowest BCUT2D eigenvalue weighted by Crippen LogP contribution is -2.38. The molecule has 0 aliphatic heterocycles. The Kier molecular flexibility index (Phi) is 7.25. The third-order valence-electron chi connectivity index (χ3n) is 5.31. The fourth-order valence-corrected chi connectivity index (χ4v) is 3.67. The van der Waals surface area contributed by atoms with Gasteiger partial charge < -0.3 is 10.1 Å². The minimum Gasteiger partial charge on any atom is -0.497 e. The van der Waals surface area contributed by atoms with Crippen LogP contribution in [0.2, 0.25) is 0 Å². The molecule has 6 heteroatoms. The fourth-order valence-electron chi connectivity index (χ4n) is 3.67. The summed E-state index contributed by atoms with van der Waals surface area (Å²) in [5, 5.41) is 7.59. The summed E-state index contributed by atoms with van der Waals surface area (Å²) in [6.45, 7) is 8.47. The van der Waals surface area contributed by atoms with Crippen LogP contribution in [0.4, 0.5) is 0 Å². The van der Waals surface area contributed by atoms with E-state index >= 15 is 0 Å². The molecule has 0 saturated heterocycles. The Labute approximate surface area is 178 Å². The number of ether oxygens (including phenoxy) is 1. The minimum atomic E-state index is -0.173. The Morgan fingerprint density at radius 1 is 1.10 bits per heavy atom. The van der Waals surface area contributed by atoms with Crippen LogP contribution in [0.25, 0.3) is 5.69 Å². The van der Waals surface area contributed by atoms with Crippen LogP contribution in [0.15, 0.2) is 60.7 Å². The second kappa shape index (κ2) is 10.1. The Hall–Kier alpha value is -3.12. The van der Waals surface area contributed by atoms with E-state index in [4.69, 9.17) is 4.74 Å². The largest absolute Gasteiger partial charge is 0.497 e. The highest BCUT2D eigenvalue weighted by atomic mass is 16.5. The Morgan fingerprint density at radius 2 is 1.83 bits per heavy atom. The van der Waals surface area contributed by atoms with Crippen molar-refractivity contribution in [2.24, 2.45) is 0 Å². The topological polar surface area (TPSA) is 59.4 Å². The number of rotatable bonds is 9. The van der Waals surface area contributed by atoms with Gasteiger partial charge in [0.05, 0.1) is 18.8 Å². The number of benzene rings is 2. The molecule has 2 aromatic carbocycles. The van der Waals surface area contributed by atoms with Crippen LogP contribution in [0.3, 0.4) is 0 Å². The molecule has 6 nitrogen and oxygen atoms in total. The normalized spacial score (nSPS) is 12.0. The van der Waals surface area contributed by atoms with Gasteiger partial charge in [-0.05, 0) is 55.9 Å². The van der Waals surface area contributed by atoms with E-state index in [1.165, 1.54) is 0 Å². The smallest absolute Gasteiger partial charge is 0.271 e. The van der Waals surface area contributed by atoms with E-state index in [-0.39, 0.29) is 11.9 Å². The molecule has 0 fully saturated rings. The van der Waals surface area contributed by atoms with Crippen molar-refractivity contribution in [1.82, 2.24) is 20.0 Å².